The SMILES string of the molecule is CCNC(=NCCC(=O)NC(C)C)NC(C)c1ccc(OCC(C)C)cc1.I. The van der Waals surface area contributed by atoms with Crippen LogP contribution in [-0.2, 0) is 4.79 Å². The molecular weight excluding hydrogens is 467 g/mol. The first-order valence-electron chi connectivity index (χ1n) is 9.88. The number of carbonyl (C=O) groups excluding carboxylic acids is 1. The van der Waals surface area contributed by atoms with Crippen LogP contribution in [0.15, 0.2) is 29.3 Å². The van der Waals surface area contributed by atoms with Gasteiger partial charge in [0.2, 0.25) is 5.91 Å². The maximum absolute atomic E-state index is 11.7. The van der Waals surface area contributed by atoms with Crippen molar-refractivity contribution in [3.8, 4) is 5.75 Å². The molecule has 0 heterocycles. The van der Waals surface area contributed by atoms with Gasteiger partial charge in [0.25, 0.3) is 0 Å². The summed E-state index contributed by atoms with van der Waals surface area (Å²) in [6.45, 7) is 14.2. The fourth-order valence-corrected chi connectivity index (χ4v) is 2.39. The molecule has 0 aliphatic rings. The van der Waals surface area contributed by atoms with Gasteiger partial charge in [0.05, 0.1) is 19.2 Å². The van der Waals surface area contributed by atoms with Crippen molar-refractivity contribution in [1.82, 2.24) is 16.0 Å². The zero-order chi connectivity index (χ0) is 20.2. The van der Waals surface area contributed by atoms with E-state index < -0.39 is 0 Å². The van der Waals surface area contributed by atoms with Gasteiger partial charge in [-0.25, -0.2) is 0 Å². The Kier molecular flexibility index (Phi) is 13.7. The topological polar surface area (TPSA) is 74.8 Å². The Balaban J connectivity index is 0.00000729. The van der Waals surface area contributed by atoms with Gasteiger partial charge in [-0.15, -0.1) is 24.0 Å². The van der Waals surface area contributed by atoms with Gasteiger partial charge in [-0.2, -0.15) is 0 Å². The molecule has 7 heteroatoms. The molecule has 1 unspecified atom stereocenters. The fraction of sp³-hybridized carbons (Fsp3) is 0.619. The van der Waals surface area contributed by atoms with Crippen LogP contribution in [0.2, 0.25) is 0 Å². The highest BCUT2D eigenvalue weighted by atomic mass is 127. The van der Waals surface area contributed by atoms with E-state index in [2.05, 4.69) is 53.8 Å². The molecule has 1 rings (SSSR count). The van der Waals surface area contributed by atoms with Crippen molar-refractivity contribution in [2.75, 3.05) is 19.7 Å². The summed E-state index contributed by atoms with van der Waals surface area (Å²) in [4.78, 5) is 16.2. The number of carbonyl (C=O) groups is 1. The Labute approximate surface area is 187 Å². The largest absolute Gasteiger partial charge is 0.493 e. The maximum Gasteiger partial charge on any atom is 0.222 e. The second-order valence-electron chi connectivity index (χ2n) is 7.37. The number of aliphatic imine (C=N–C) groups is 1. The Morgan fingerprint density at radius 1 is 1.07 bits per heavy atom. The third-order valence-electron chi connectivity index (χ3n) is 3.72. The lowest BCUT2D eigenvalue weighted by Crippen LogP contribution is -2.39. The van der Waals surface area contributed by atoms with Crippen LogP contribution >= 0.6 is 24.0 Å². The van der Waals surface area contributed by atoms with Crippen molar-refractivity contribution < 1.29 is 9.53 Å². The summed E-state index contributed by atoms with van der Waals surface area (Å²) >= 11 is 0. The molecule has 1 amide bonds. The second kappa shape index (κ2) is 14.5. The van der Waals surface area contributed by atoms with E-state index in [1.807, 2.05) is 32.9 Å². The first-order chi connectivity index (χ1) is 12.8. The normalized spacial score (nSPS) is 12.4. The molecule has 0 saturated carbocycles. The molecular formula is C21H37IN4O2. The molecule has 0 saturated heterocycles. The maximum atomic E-state index is 11.7. The van der Waals surface area contributed by atoms with Gasteiger partial charge in [-0.05, 0) is 51.3 Å². The molecule has 160 valence electrons. The molecule has 0 bridgehead atoms. The van der Waals surface area contributed by atoms with Crippen LogP contribution < -0.4 is 20.7 Å². The number of nitrogens with one attached hydrogen (secondary N) is 3. The van der Waals surface area contributed by atoms with Gasteiger partial charge in [0.15, 0.2) is 5.96 Å². The third kappa shape index (κ3) is 11.4. The first-order valence-corrected chi connectivity index (χ1v) is 9.88. The molecule has 0 aliphatic heterocycles. The van der Waals surface area contributed by atoms with E-state index in [9.17, 15) is 4.79 Å². The summed E-state index contributed by atoms with van der Waals surface area (Å²) in [5, 5.41) is 9.49. The Bertz CT molecular complexity index is 589. The van der Waals surface area contributed by atoms with Crippen LogP contribution in [-0.4, -0.2) is 37.6 Å². The lowest BCUT2D eigenvalue weighted by atomic mass is 10.1. The molecule has 6 nitrogen and oxygen atoms in total. The summed E-state index contributed by atoms with van der Waals surface area (Å²) in [6.07, 6.45) is 0.380. The number of nitrogens with zero attached hydrogens (tertiary/aromatic N) is 1. The number of benzene rings is 1. The highest BCUT2D eigenvalue weighted by Gasteiger charge is 2.09. The molecule has 0 aliphatic carbocycles. The Morgan fingerprint density at radius 2 is 1.71 bits per heavy atom. The standard InChI is InChI=1S/C21H36N4O2.HI/c1-7-22-21(23-13-12-20(26)24-16(4)5)25-17(6)18-8-10-19(11-9-18)27-14-15(2)3;/h8-11,15-17H,7,12-14H2,1-6H3,(H,24,26)(H2,22,23,25);1H. The lowest BCUT2D eigenvalue weighted by molar-refractivity contribution is -0.121. The summed E-state index contributed by atoms with van der Waals surface area (Å²) < 4.78 is 5.73. The summed E-state index contributed by atoms with van der Waals surface area (Å²) in [5.74, 6) is 2.13. The van der Waals surface area contributed by atoms with Crippen LogP contribution in [0, 0.1) is 5.92 Å². The average Bonchev–Trinajstić information content (AvgIpc) is 2.59. The van der Waals surface area contributed by atoms with Crippen LogP contribution in [0.25, 0.3) is 0 Å². The quantitative estimate of drug-likeness (QED) is 0.257. The summed E-state index contributed by atoms with van der Waals surface area (Å²) in [5.41, 5.74) is 1.15. The molecule has 3 N–H and O–H groups in total. The number of halogens is 1. The number of amides is 1. The molecule has 1 atom stereocenters. The fourth-order valence-electron chi connectivity index (χ4n) is 2.39. The van der Waals surface area contributed by atoms with Gasteiger partial charge in [0, 0.05) is 19.0 Å². The number of hydrogen-bond acceptors (Lipinski definition) is 3. The van der Waals surface area contributed by atoms with Crippen LogP contribution in [0.4, 0.5) is 0 Å². The third-order valence-corrected chi connectivity index (χ3v) is 3.72. The Hall–Kier alpha value is -1.51. The van der Waals surface area contributed by atoms with Crippen molar-refractivity contribution in [2.24, 2.45) is 10.9 Å². The minimum absolute atomic E-state index is 0. The molecule has 1 aromatic rings. The van der Waals surface area contributed by atoms with Crippen molar-refractivity contribution in [2.45, 2.75) is 60.0 Å². The van der Waals surface area contributed by atoms with Gasteiger partial charge < -0.3 is 20.7 Å². The molecule has 0 radical (unpaired) electrons. The number of rotatable bonds is 10. The summed E-state index contributed by atoms with van der Waals surface area (Å²) in [6, 6.07) is 8.36. The Morgan fingerprint density at radius 3 is 2.25 bits per heavy atom. The predicted octanol–water partition coefficient (Wildman–Crippen LogP) is 3.87. The van der Waals surface area contributed by atoms with Crippen molar-refractivity contribution >= 4 is 35.8 Å². The lowest BCUT2D eigenvalue weighted by Gasteiger charge is -2.19. The summed E-state index contributed by atoms with van der Waals surface area (Å²) in [7, 11) is 0. The van der Waals surface area contributed by atoms with Gasteiger partial charge in [-0.3, -0.25) is 9.79 Å². The molecule has 28 heavy (non-hydrogen) atoms. The van der Waals surface area contributed by atoms with E-state index in [1.165, 1.54) is 0 Å². The van der Waals surface area contributed by atoms with Gasteiger partial charge in [0.1, 0.15) is 5.75 Å². The predicted molar refractivity (Wildman–Crippen MR) is 128 cm³/mol. The number of guanidine groups is 1. The van der Waals surface area contributed by atoms with Crippen molar-refractivity contribution in [1.29, 1.82) is 0 Å². The minimum atomic E-state index is 0. The van der Waals surface area contributed by atoms with E-state index in [-0.39, 0.29) is 42.0 Å². The minimum Gasteiger partial charge on any atom is -0.493 e. The second-order valence-corrected chi connectivity index (χ2v) is 7.37. The highest BCUT2D eigenvalue weighted by molar-refractivity contribution is 14.0. The van der Waals surface area contributed by atoms with E-state index >= 15 is 0 Å². The number of hydrogen-bond donors (Lipinski definition) is 3. The van der Waals surface area contributed by atoms with Gasteiger partial charge in [-0.1, -0.05) is 26.0 Å². The monoisotopic (exact) mass is 504 g/mol. The number of ether oxygens (including phenoxy) is 1. The van der Waals surface area contributed by atoms with Crippen LogP contribution in [0.5, 0.6) is 5.75 Å². The molecule has 0 spiro atoms. The van der Waals surface area contributed by atoms with E-state index in [0.29, 0.717) is 24.8 Å². The van der Waals surface area contributed by atoms with Crippen LogP contribution in [0.3, 0.4) is 0 Å². The van der Waals surface area contributed by atoms with Crippen molar-refractivity contribution in [3.05, 3.63) is 29.8 Å². The molecule has 1 aromatic carbocycles. The zero-order valence-electron chi connectivity index (χ0n) is 18.0. The molecule has 0 fully saturated rings. The first kappa shape index (κ1) is 26.5. The van der Waals surface area contributed by atoms with Crippen LogP contribution in [0.1, 0.15) is 59.6 Å². The van der Waals surface area contributed by atoms with E-state index in [4.69, 9.17) is 4.74 Å². The van der Waals surface area contributed by atoms with Crippen molar-refractivity contribution in [3.63, 3.8) is 0 Å². The van der Waals surface area contributed by atoms with Gasteiger partial charge >= 0.3 is 0 Å². The van der Waals surface area contributed by atoms with E-state index in [0.717, 1.165) is 24.5 Å². The zero-order valence-corrected chi connectivity index (χ0v) is 20.4. The molecule has 0 aromatic heterocycles. The average molecular weight is 504 g/mol. The van der Waals surface area contributed by atoms with E-state index in [1.54, 1.807) is 0 Å². The highest BCUT2D eigenvalue weighted by Crippen LogP contribution is 2.18. The smallest absolute Gasteiger partial charge is 0.222 e.